The lowest BCUT2D eigenvalue weighted by Gasteiger charge is -2.04. The number of sulfone groups is 1. The van der Waals surface area contributed by atoms with Crippen molar-refractivity contribution in [2.75, 3.05) is 5.75 Å². The lowest BCUT2D eigenvalue weighted by molar-refractivity contribution is -0.116. The highest BCUT2D eigenvalue weighted by molar-refractivity contribution is 7.91. The standard InChI is InChI=1S/C23H24ClNO4S/c1-16-6-10-19(11-7-16)23-25-22(17(2)29-23)15-30(27,28)14-21(26)5-3-4-18-8-12-20(24)13-9-18/h6-13H,3-5,14-15H2,1-2H3. The number of carbonyl (C=O) groups is 1. The zero-order valence-electron chi connectivity index (χ0n) is 17.0. The molecule has 3 aromatic rings. The van der Waals surface area contributed by atoms with E-state index in [1.54, 1.807) is 19.1 Å². The zero-order chi connectivity index (χ0) is 21.7. The normalized spacial score (nSPS) is 11.6. The summed E-state index contributed by atoms with van der Waals surface area (Å²) in [6.45, 7) is 3.67. The summed E-state index contributed by atoms with van der Waals surface area (Å²) in [6, 6.07) is 15.0. The minimum Gasteiger partial charge on any atom is -0.441 e. The molecule has 0 atom stereocenters. The van der Waals surface area contributed by atoms with E-state index >= 15 is 0 Å². The van der Waals surface area contributed by atoms with E-state index in [-0.39, 0.29) is 18.0 Å². The summed E-state index contributed by atoms with van der Waals surface area (Å²) in [7, 11) is -3.62. The van der Waals surface area contributed by atoms with Crippen LogP contribution in [-0.2, 0) is 26.8 Å². The molecule has 0 aliphatic rings. The Bertz CT molecular complexity index is 1120. The monoisotopic (exact) mass is 445 g/mol. The van der Waals surface area contributed by atoms with E-state index in [2.05, 4.69) is 4.98 Å². The molecule has 0 bridgehead atoms. The minimum atomic E-state index is -3.62. The van der Waals surface area contributed by atoms with Gasteiger partial charge in [0, 0.05) is 17.0 Å². The average molecular weight is 446 g/mol. The Morgan fingerprint density at radius 1 is 1.03 bits per heavy atom. The number of hydrogen-bond donors (Lipinski definition) is 0. The van der Waals surface area contributed by atoms with Crippen LogP contribution in [0.4, 0.5) is 0 Å². The summed E-state index contributed by atoms with van der Waals surface area (Å²) in [5.74, 6) is -0.253. The molecule has 0 amide bonds. The first kappa shape index (κ1) is 22.2. The van der Waals surface area contributed by atoms with E-state index in [0.29, 0.717) is 35.2 Å². The molecule has 2 aromatic carbocycles. The van der Waals surface area contributed by atoms with Crippen LogP contribution in [0.2, 0.25) is 5.02 Å². The number of aromatic nitrogens is 1. The summed E-state index contributed by atoms with van der Waals surface area (Å²) in [4.78, 5) is 16.5. The summed E-state index contributed by atoms with van der Waals surface area (Å²) in [5, 5.41) is 0.662. The predicted molar refractivity (Wildman–Crippen MR) is 118 cm³/mol. The van der Waals surface area contributed by atoms with Crippen LogP contribution < -0.4 is 0 Å². The van der Waals surface area contributed by atoms with Crippen molar-refractivity contribution >= 4 is 27.2 Å². The van der Waals surface area contributed by atoms with Gasteiger partial charge in [0.05, 0.1) is 11.4 Å². The number of carbonyl (C=O) groups excluding carboxylic acids is 1. The van der Waals surface area contributed by atoms with Gasteiger partial charge in [-0.3, -0.25) is 4.79 Å². The first-order valence-corrected chi connectivity index (χ1v) is 11.9. The van der Waals surface area contributed by atoms with Gasteiger partial charge in [0.25, 0.3) is 0 Å². The van der Waals surface area contributed by atoms with E-state index in [1.165, 1.54) is 0 Å². The van der Waals surface area contributed by atoms with Crippen LogP contribution in [0.15, 0.2) is 52.9 Å². The molecule has 0 fully saturated rings. The number of rotatable bonds is 9. The Balaban J connectivity index is 1.56. The third kappa shape index (κ3) is 6.28. The van der Waals surface area contributed by atoms with Crippen LogP contribution in [0.25, 0.3) is 11.5 Å². The maximum atomic E-state index is 12.5. The van der Waals surface area contributed by atoms with Gasteiger partial charge in [-0.15, -0.1) is 0 Å². The number of ketones is 1. The lowest BCUT2D eigenvalue weighted by atomic mass is 10.1. The second-order valence-corrected chi connectivity index (χ2v) is 9.94. The lowest BCUT2D eigenvalue weighted by Crippen LogP contribution is -2.18. The molecule has 0 saturated carbocycles. The fourth-order valence-electron chi connectivity index (χ4n) is 3.10. The highest BCUT2D eigenvalue weighted by Crippen LogP contribution is 2.23. The van der Waals surface area contributed by atoms with Crippen LogP contribution in [0.5, 0.6) is 0 Å². The third-order valence-electron chi connectivity index (χ3n) is 4.76. The van der Waals surface area contributed by atoms with Crippen LogP contribution in [0, 0.1) is 13.8 Å². The molecule has 7 heteroatoms. The van der Waals surface area contributed by atoms with Gasteiger partial charge in [0.2, 0.25) is 5.89 Å². The van der Waals surface area contributed by atoms with Gasteiger partial charge in [-0.1, -0.05) is 41.4 Å². The van der Waals surface area contributed by atoms with E-state index in [1.807, 2.05) is 43.3 Å². The number of halogens is 1. The number of benzene rings is 2. The highest BCUT2D eigenvalue weighted by Gasteiger charge is 2.22. The maximum Gasteiger partial charge on any atom is 0.226 e. The number of Topliss-reactive ketones (excluding diaryl/α,β-unsaturated/α-hetero) is 1. The summed E-state index contributed by atoms with van der Waals surface area (Å²) >= 11 is 5.86. The largest absolute Gasteiger partial charge is 0.441 e. The average Bonchev–Trinajstić information content (AvgIpc) is 3.03. The first-order chi connectivity index (χ1) is 14.2. The Morgan fingerprint density at radius 2 is 1.70 bits per heavy atom. The van der Waals surface area contributed by atoms with Crippen LogP contribution in [0.3, 0.4) is 0 Å². The molecule has 0 saturated heterocycles. The summed E-state index contributed by atoms with van der Waals surface area (Å²) in [5.41, 5.74) is 3.31. The van der Waals surface area contributed by atoms with E-state index < -0.39 is 15.6 Å². The molecular formula is C23H24ClNO4S. The van der Waals surface area contributed by atoms with Crippen molar-refractivity contribution in [2.45, 2.75) is 38.9 Å². The second kappa shape index (κ2) is 9.58. The molecule has 30 heavy (non-hydrogen) atoms. The Morgan fingerprint density at radius 3 is 2.37 bits per heavy atom. The zero-order valence-corrected chi connectivity index (χ0v) is 18.6. The van der Waals surface area contributed by atoms with Crippen molar-refractivity contribution in [2.24, 2.45) is 0 Å². The van der Waals surface area contributed by atoms with E-state index in [0.717, 1.165) is 16.7 Å². The number of aryl methyl sites for hydroxylation is 3. The summed E-state index contributed by atoms with van der Waals surface area (Å²) < 4.78 is 30.7. The van der Waals surface area contributed by atoms with Gasteiger partial charge < -0.3 is 4.42 Å². The molecule has 1 heterocycles. The van der Waals surface area contributed by atoms with Gasteiger partial charge in [-0.25, -0.2) is 13.4 Å². The van der Waals surface area contributed by atoms with Gasteiger partial charge >= 0.3 is 0 Å². The second-order valence-electron chi connectivity index (χ2n) is 7.44. The molecule has 5 nitrogen and oxygen atoms in total. The molecular weight excluding hydrogens is 422 g/mol. The Kier molecular flexibility index (Phi) is 7.10. The van der Waals surface area contributed by atoms with Crippen molar-refractivity contribution in [3.63, 3.8) is 0 Å². The highest BCUT2D eigenvalue weighted by atomic mass is 35.5. The van der Waals surface area contributed by atoms with Gasteiger partial charge in [-0.05, 0) is 56.5 Å². The van der Waals surface area contributed by atoms with Crippen molar-refractivity contribution in [3.05, 3.63) is 76.1 Å². The third-order valence-corrected chi connectivity index (χ3v) is 6.49. The van der Waals surface area contributed by atoms with Crippen LogP contribution in [-0.4, -0.2) is 24.9 Å². The van der Waals surface area contributed by atoms with Gasteiger partial charge in [-0.2, -0.15) is 0 Å². The Hall–Kier alpha value is -2.44. The smallest absolute Gasteiger partial charge is 0.226 e. The fourth-order valence-corrected chi connectivity index (χ4v) is 4.65. The SMILES string of the molecule is Cc1ccc(-c2nc(CS(=O)(=O)CC(=O)CCCc3ccc(Cl)cc3)c(C)o2)cc1. The molecule has 1 aromatic heterocycles. The first-order valence-electron chi connectivity index (χ1n) is 9.72. The number of nitrogens with zero attached hydrogens (tertiary/aromatic N) is 1. The van der Waals surface area contributed by atoms with E-state index in [4.69, 9.17) is 16.0 Å². The minimum absolute atomic E-state index is 0.217. The van der Waals surface area contributed by atoms with Gasteiger partial charge in [0.1, 0.15) is 17.3 Å². The molecule has 0 aliphatic carbocycles. The molecule has 0 N–H and O–H groups in total. The number of oxazole rings is 1. The van der Waals surface area contributed by atoms with Gasteiger partial charge in [0.15, 0.2) is 9.84 Å². The predicted octanol–water partition coefficient (Wildman–Crippen LogP) is 5.12. The van der Waals surface area contributed by atoms with Crippen molar-refractivity contribution < 1.29 is 17.6 Å². The van der Waals surface area contributed by atoms with Crippen LogP contribution >= 0.6 is 11.6 Å². The topological polar surface area (TPSA) is 77.2 Å². The van der Waals surface area contributed by atoms with Crippen molar-refractivity contribution in [1.29, 1.82) is 0 Å². The molecule has 0 aliphatic heterocycles. The molecule has 0 spiro atoms. The maximum absolute atomic E-state index is 12.5. The van der Waals surface area contributed by atoms with E-state index in [9.17, 15) is 13.2 Å². The summed E-state index contributed by atoms with van der Waals surface area (Å²) in [6.07, 6.45) is 1.51. The molecule has 158 valence electrons. The molecule has 0 unspecified atom stereocenters. The Labute approximate surface area is 182 Å². The molecule has 3 rings (SSSR count). The quantitative estimate of drug-likeness (QED) is 0.457. The van der Waals surface area contributed by atoms with Crippen molar-refractivity contribution in [3.8, 4) is 11.5 Å². The van der Waals surface area contributed by atoms with Crippen molar-refractivity contribution in [1.82, 2.24) is 4.98 Å². The van der Waals surface area contributed by atoms with Crippen LogP contribution in [0.1, 0.15) is 35.4 Å². The fraction of sp³-hybridized carbons (Fsp3) is 0.304. The number of hydrogen-bond acceptors (Lipinski definition) is 5. The molecule has 0 radical (unpaired) electrons.